The topological polar surface area (TPSA) is 9.23 Å². The molecule has 2 heteroatoms. The number of ether oxygens (including phenoxy) is 1. The molecule has 0 amide bonds. The molecule has 0 atom stereocenters. The fraction of sp³-hybridized carbons (Fsp3) is 1.00. The van der Waals surface area contributed by atoms with Gasteiger partial charge in [0.1, 0.15) is 0 Å². The molecule has 0 spiro atoms. The minimum atomic E-state index is -0.0156. The van der Waals surface area contributed by atoms with Crippen LogP contribution in [0.1, 0.15) is 44.4 Å². The maximum atomic E-state index is 5.62. The van der Waals surface area contributed by atoms with Gasteiger partial charge >= 0.3 is 10.1 Å². The molecule has 0 aromatic heterocycles. The number of rotatable bonds is 0. The third-order valence-electron chi connectivity index (χ3n) is 0.612. The molecule has 0 aliphatic rings. The zero-order valence-electron chi connectivity index (χ0n) is 10.1. The summed E-state index contributed by atoms with van der Waals surface area (Å²) in [6.45, 7) is 12.4. The van der Waals surface area contributed by atoms with Crippen molar-refractivity contribution in [3.8, 4) is 0 Å². The van der Waals surface area contributed by atoms with E-state index >= 15 is 0 Å². The molecule has 0 saturated heterocycles. The number of hydrogen-bond donors (Lipinski definition) is 0. The van der Waals surface area contributed by atoms with Gasteiger partial charge < -0.3 is 7.59 Å². The van der Waals surface area contributed by atoms with Crippen LogP contribution in [-0.2, 0) is 4.74 Å². The van der Waals surface area contributed by atoms with E-state index in [1.165, 1.54) is 0 Å². The molecule has 0 bridgehead atoms. The number of hydrogen-bond acceptors (Lipinski definition) is 1. The molecule has 0 aromatic carbocycles. The van der Waals surface area contributed by atoms with E-state index in [9.17, 15) is 0 Å². The molecule has 0 N–H and O–H groups in total. The van der Waals surface area contributed by atoms with Crippen LogP contribution in [0.2, 0.25) is 0 Å². The van der Waals surface area contributed by atoms with E-state index in [4.69, 9.17) is 4.74 Å². The molecule has 1 nitrogen and oxygen atoms in total. The molecule has 0 aliphatic carbocycles. The summed E-state index contributed by atoms with van der Waals surface area (Å²) < 4.78 is 5.62. The van der Waals surface area contributed by atoms with Gasteiger partial charge in [0, 0.05) is 0 Å². The molecule has 0 heterocycles. The first-order valence-electron chi connectivity index (χ1n) is 3.41. The van der Waals surface area contributed by atoms with Crippen LogP contribution in [0.4, 0.5) is 0 Å². The van der Waals surface area contributed by atoms with Crippen molar-refractivity contribution in [3.63, 3.8) is 0 Å². The second-order valence-corrected chi connectivity index (χ2v) is 4.33. The van der Waals surface area contributed by atoms with Crippen LogP contribution in [0, 0.1) is 0 Å². The summed E-state index contributed by atoms with van der Waals surface area (Å²) in [4.78, 5) is 0. The molecule has 0 radical (unpaired) electrons. The van der Waals surface area contributed by atoms with Crippen LogP contribution < -0.4 is 0 Å². The molecular formula is C8H20BeO. The standard InChI is InChI=1S/C8H18O.Be.2H/c1-7(2,3)9-8(4,5)6;;;/h1-6H3;;;/q;+2;2*-1. The Morgan fingerprint density at radius 1 is 0.800 bits per heavy atom. The van der Waals surface area contributed by atoms with Gasteiger partial charge in [-0.2, -0.15) is 0 Å². The van der Waals surface area contributed by atoms with Crippen molar-refractivity contribution in [2.24, 2.45) is 0 Å². The first-order chi connectivity index (χ1) is 3.71. The summed E-state index contributed by atoms with van der Waals surface area (Å²) >= 11 is 0. The first kappa shape index (κ1) is 12.8. The van der Waals surface area contributed by atoms with Crippen molar-refractivity contribution in [3.05, 3.63) is 0 Å². The normalized spacial score (nSPS) is 12.6. The average molecular weight is 141 g/mol. The Kier molecular flexibility index (Phi) is 4.47. The molecule has 10 heavy (non-hydrogen) atoms. The summed E-state index contributed by atoms with van der Waals surface area (Å²) in [5, 5.41) is 0. The van der Waals surface area contributed by atoms with Crippen molar-refractivity contribution in [1.29, 1.82) is 0 Å². The van der Waals surface area contributed by atoms with Gasteiger partial charge in [0.05, 0.1) is 11.2 Å². The van der Waals surface area contributed by atoms with E-state index in [1.54, 1.807) is 0 Å². The van der Waals surface area contributed by atoms with E-state index in [2.05, 4.69) is 41.5 Å². The van der Waals surface area contributed by atoms with Crippen molar-refractivity contribution in [2.75, 3.05) is 0 Å². The minimum Gasteiger partial charge on any atom is -1.00 e. The Morgan fingerprint density at radius 2 is 1.00 bits per heavy atom. The summed E-state index contributed by atoms with van der Waals surface area (Å²) in [5.74, 6) is 0. The van der Waals surface area contributed by atoms with Crippen LogP contribution in [0.15, 0.2) is 0 Å². The Morgan fingerprint density at radius 3 is 1.00 bits per heavy atom. The third-order valence-corrected chi connectivity index (χ3v) is 0.612. The molecule has 60 valence electrons. The zero-order valence-corrected chi connectivity index (χ0v) is 8.12. The Balaban J connectivity index is -0.000000107. The fourth-order valence-electron chi connectivity index (χ4n) is 0.919. The Bertz CT molecular complexity index is 82.2. The molecule has 0 fully saturated rings. The van der Waals surface area contributed by atoms with E-state index in [-0.39, 0.29) is 24.2 Å². The van der Waals surface area contributed by atoms with Gasteiger partial charge in [0.2, 0.25) is 0 Å². The van der Waals surface area contributed by atoms with Gasteiger partial charge in [0.25, 0.3) is 0 Å². The zero-order chi connectivity index (χ0) is 7.71. The first-order valence-corrected chi connectivity index (χ1v) is 3.41. The summed E-state index contributed by atoms with van der Waals surface area (Å²) in [7, 11) is 0. The van der Waals surface area contributed by atoms with Crippen LogP contribution in [0.5, 0.6) is 0 Å². The van der Waals surface area contributed by atoms with Crippen LogP contribution in [0.3, 0.4) is 0 Å². The maximum Gasteiger partial charge on any atom is 2.00 e. The van der Waals surface area contributed by atoms with Crippen molar-refractivity contribution in [2.45, 2.75) is 52.7 Å². The van der Waals surface area contributed by atoms with E-state index in [1.807, 2.05) is 0 Å². The SMILES string of the molecule is CC(C)(C)OC(C)(C)C.[Be+2].[H-].[H-]. The van der Waals surface area contributed by atoms with Gasteiger partial charge in [-0.25, -0.2) is 0 Å². The smallest absolute Gasteiger partial charge is 1.00 e. The third kappa shape index (κ3) is 11.0. The molecule has 0 aliphatic heterocycles. The van der Waals surface area contributed by atoms with Gasteiger partial charge in [-0.15, -0.1) is 0 Å². The Hall–Kier alpha value is 0.129. The predicted octanol–water partition coefficient (Wildman–Crippen LogP) is 2.44. The summed E-state index contributed by atoms with van der Waals surface area (Å²) in [6.07, 6.45) is 0. The van der Waals surface area contributed by atoms with Crippen LogP contribution in [0.25, 0.3) is 0 Å². The fourth-order valence-corrected chi connectivity index (χ4v) is 0.919. The minimum absolute atomic E-state index is 0. The summed E-state index contributed by atoms with van der Waals surface area (Å²) in [5.41, 5.74) is -0.0312. The van der Waals surface area contributed by atoms with Crippen molar-refractivity contribution < 1.29 is 7.59 Å². The van der Waals surface area contributed by atoms with E-state index in [0.717, 1.165) is 0 Å². The Labute approximate surface area is 71.3 Å². The van der Waals surface area contributed by atoms with Crippen molar-refractivity contribution in [1.82, 2.24) is 0 Å². The second-order valence-electron chi connectivity index (χ2n) is 4.33. The summed E-state index contributed by atoms with van der Waals surface area (Å²) in [6, 6.07) is 0. The van der Waals surface area contributed by atoms with Gasteiger partial charge in [-0.1, -0.05) is 0 Å². The van der Waals surface area contributed by atoms with Gasteiger partial charge in [0.15, 0.2) is 0 Å². The molecule has 0 saturated carbocycles. The van der Waals surface area contributed by atoms with Crippen LogP contribution >= 0.6 is 0 Å². The van der Waals surface area contributed by atoms with Crippen molar-refractivity contribution >= 4 is 10.1 Å². The molecule has 0 aromatic rings. The molecular weight excluding hydrogens is 121 g/mol. The van der Waals surface area contributed by atoms with Gasteiger partial charge in [-0.05, 0) is 41.5 Å². The molecule has 0 rings (SSSR count). The largest absolute Gasteiger partial charge is 2.00 e. The molecule has 0 unspecified atom stereocenters. The quantitative estimate of drug-likeness (QED) is 0.471. The predicted molar refractivity (Wildman–Crippen MR) is 48.6 cm³/mol. The monoisotopic (exact) mass is 141 g/mol. The van der Waals surface area contributed by atoms with E-state index in [0.29, 0.717) is 0 Å². The van der Waals surface area contributed by atoms with E-state index < -0.39 is 0 Å². The maximum absolute atomic E-state index is 5.62. The average Bonchev–Trinajstić information content (AvgIpc) is 1.14. The van der Waals surface area contributed by atoms with Crippen LogP contribution in [-0.4, -0.2) is 21.3 Å². The second kappa shape index (κ2) is 3.50. The van der Waals surface area contributed by atoms with Gasteiger partial charge in [-0.3, -0.25) is 0 Å².